The average Bonchev–Trinajstić information content (AvgIpc) is 3.38. The Bertz CT molecular complexity index is 1460. The van der Waals surface area contributed by atoms with E-state index in [1.54, 1.807) is 19.5 Å². The number of nitrogens with zero attached hydrogens (tertiary/aromatic N) is 5. The van der Waals surface area contributed by atoms with E-state index in [1.165, 1.54) is 0 Å². The van der Waals surface area contributed by atoms with Crippen LogP contribution in [0, 0.1) is 20.8 Å². The van der Waals surface area contributed by atoms with Gasteiger partial charge in [-0.05, 0) is 58.0 Å². The Morgan fingerprint density at radius 2 is 1.95 bits per heavy atom. The lowest BCUT2D eigenvalue weighted by Crippen LogP contribution is -2.29. The first-order valence-electron chi connectivity index (χ1n) is 12.3. The predicted octanol–water partition coefficient (Wildman–Crippen LogP) is 4.27. The van der Waals surface area contributed by atoms with Crippen molar-refractivity contribution in [1.29, 1.82) is 0 Å². The average molecular weight is 501 g/mol. The molecule has 1 saturated heterocycles. The zero-order valence-electron chi connectivity index (χ0n) is 21.8. The number of nitrogen functional groups attached to an aromatic ring is 1. The lowest BCUT2D eigenvalue weighted by molar-refractivity contribution is 0.402. The first kappa shape index (κ1) is 24.5. The molecule has 10 nitrogen and oxygen atoms in total. The van der Waals surface area contributed by atoms with E-state index in [1.807, 2.05) is 52.1 Å². The molecule has 1 aromatic carbocycles. The van der Waals surface area contributed by atoms with Crippen molar-refractivity contribution in [2.75, 3.05) is 43.2 Å². The van der Waals surface area contributed by atoms with E-state index in [0.29, 0.717) is 40.5 Å². The van der Waals surface area contributed by atoms with Gasteiger partial charge in [-0.1, -0.05) is 6.07 Å². The summed E-state index contributed by atoms with van der Waals surface area (Å²) in [5.41, 5.74) is 9.85. The highest BCUT2D eigenvalue weighted by molar-refractivity contribution is 6.04. The number of pyridine rings is 2. The summed E-state index contributed by atoms with van der Waals surface area (Å²) < 4.78 is 12.1. The van der Waals surface area contributed by atoms with E-state index >= 15 is 0 Å². The van der Waals surface area contributed by atoms with E-state index in [4.69, 9.17) is 20.2 Å². The van der Waals surface area contributed by atoms with Crippen LogP contribution in [0.25, 0.3) is 10.8 Å². The Balaban J connectivity index is 1.68. The molecule has 1 aliphatic heterocycles. The number of anilines is 4. The zero-order valence-corrected chi connectivity index (χ0v) is 21.8. The SMILES string of the molecule is CN[C@@H]1CCN(c2cc3c(Nc4nccc(C)n4)cnc(N)c3c(Oc3c(C)ccc(OC)c3C)n2)C1. The third kappa shape index (κ3) is 4.79. The molecule has 0 aliphatic carbocycles. The van der Waals surface area contributed by atoms with Crippen LogP contribution in [0.2, 0.25) is 0 Å². The molecule has 0 unspecified atom stereocenters. The van der Waals surface area contributed by atoms with Gasteiger partial charge in [0.25, 0.3) is 0 Å². The standard InChI is InChI=1S/C27H32N8O2/c1-15-6-7-21(36-5)17(3)24(15)37-26-23-19(12-22(34-26)35-11-9-18(14-35)29-4)20(13-31-25(23)28)33-27-30-10-8-16(2)32-27/h6-8,10,12-13,18,29H,9,11,14H2,1-5H3,(H2,28,31)(H,30,32,33)/t18-/m1/s1. The number of fused-ring (bicyclic) bond motifs is 1. The molecule has 4 heterocycles. The summed E-state index contributed by atoms with van der Waals surface area (Å²) >= 11 is 0. The van der Waals surface area contributed by atoms with Gasteiger partial charge in [0, 0.05) is 42.0 Å². The summed E-state index contributed by atoms with van der Waals surface area (Å²) in [7, 11) is 3.63. The smallest absolute Gasteiger partial charge is 0.232 e. The van der Waals surface area contributed by atoms with Crippen molar-refractivity contribution in [2.24, 2.45) is 0 Å². The van der Waals surface area contributed by atoms with Crippen LogP contribution in [0.15, 0.2) is 36.7 Å². The van der Waals surface area contributed by atoms with Gasteiger partial charge in [-0.25, -0.2) is 15.0 Å². The van der Waals surface area contributed by atoms with Gasteiger partial charge in [-0.15, -0.1) is 0 Å². The van der Waals surface area contributed by atoms with Gasteiger partial charge >= 0.3 is 0 Å². The Morgan fingerprint density at radius 1 is 1.11 bits per heavy atom. The Kier molecular flexibility index (Phi) is 6.66. The van der Waals surface area contributed by atoms with Crippen LogP contribution in [-0.2, 0) is 0 Å². The number of hydrogen-bond donors (Lipinski definition) is 3. The molecule has 1 aliphatic rings. The molecular weight excluding hydrogens is 468 g/mol. The Morgan fingerprint density at radius 3 is 2.68 bits per heavy atom. The van der Waals surface area contributed by atoms with Gasteiger partial charge in [0.2, 0.25) is 11.8 Å². The number of hydrogen-bond acceptors (Lipinski definition) is 10. The molecule has 3 aromatic heterocycles. The monoisotopic (exact) mass is 500 g/mol. The molecule has 0 amide bonds. The number of nitrogens with two attached hydrogens (primary N) is 1. The maximum Gasteiger partial charge on any atom is 0.232 e. The number of rotatable bonds is 7. The summed E-state index contributed by atoms with van der Waals surface area (Å²) in [5, 5.41) is 8.12. The van der Waals surface area contributed by atoms with Crippen molar-refractivity contribution in [3.05, 3.63) is 53.5 Å². The third-order valence-electron chi connectivity index (χ3n) is 6.79. The molecule has 37 heavy (non-hydrogen) atoms. The second kappa shape index (κ2) is 10.1. The topological polar surface area (TPSA) is 123 Å². The van der Waals surface area contributed by atoms with Crippen molar-refractivity contribution in [3.8, 4) is 17.4 Å². The molecule has 0 spiro atoms. The fourth-order valence-electron chi connectivity index (χ4n) is 4.69. The second-order valence-corrected chi connectivity index (χ2v) is 9.27. The number of ether oxygens (including phenoxy) is 2. The maximum atomic E-state index is 6.54. The normalized spacial score (nSPS) is 15.3. The molecule has 1 fully saturated rings. The minimum Gasteiger partial charge on any atom is -0.496 e. The molecule has 1 atom stereocenters. The predicted molar refractivity (Wildman–Crippen MR) is 146 cm³/mol. The number of likely N-dealkylation sites (N-methyl/N-ethyl adjacent to an activating group) is 1. The van der Waals surface area contributed by atoms with Gasteiger partial charge in [0.05, 0.1) is 24.4 Å². The molecule has 192 valence electrons. The summed E-state index contributed by atoms with van der Waals surface area (Å²) in [6, 6.07) is 8.17. The summed E-state index contributed by atoms with van der Waals surface area (Å²) in [5.74, 6) is 3.41. The fourth-order valence-corrected chi connectivity index (χ4v) is 4.69. The molecule has 0 bridgehead atoms. The highest BCUT2D eigenvalue weighted by Crippen LogP contribution is 2.41. The Hall–Kier alpha value is -4.18. The van der Waals surface area contributed by atoms with Crippen molar-refractivity contribution < 1.29 is 9.47 Å². The van der Waals surface area contributed by atoms with E-state index in [9.17, 15) is 0 Å². The number of methoxy groups -OCH3 is 1. The van der Waals surface area contributed by atoms with Gasteiger partial charge < -0.3 is 30.7 Å². The number of nitrogens with one attached hydrogen (secondary N) is 2. The first-order chi connectivity index (χ1) is 17.9. The van der Waals surface area contributed by atoms with Crippen LogP contribution in [-0.4, -0.2) is 53.2 Å². The van der Waals surface area contributed by atoms with E-state index in [0.717, 1.165) is 53.3 Å². The molecule has 0 saturated carbocycles. The quantitative estimate of drug-likeness (QED) is 0.339. The zero-order chi connectivity index (χ0) is 26.1. The van der Waals surface area contributed by atoms with Crippen LogP contribution in [0.4, 0.5) is 23.3 Å². The van der Waals surface area contributed by atoms with Crippen LogP contribution in [0.3, 0.4) is 0 Å². The third-order valence-corrected chi connectivity index (χ3v) is 6.79. The second-order valence-electron chi connectivity index (χ2n) is 9.27. The molecule has 0 radical (unpaired) electrons. The van der Waals surface area contributed by atoms with Crippen molar-refractivity contribution in [3.63, 3.8) is 0 Å². The van der Waals surface area contributed by atoms with Crippen LogP contribution in [0.5, 0.6) is 17.4 Å². The summed E-state index contributed by atoms with van der Waals surface area (Å²) in [6.07, 6.45) is 4.44. The number of aromatic nitrogens is 4. The lowest BCUT2D eigenvalue weighted by atomic mass is 10.1. The van der Waals surface area contributed by atoms with Crippen LogP contribution >= 0.6 is 0 Å². The molecule has 4 aromatic rings. The molecule has 5 rings (SSSR count). The highest BCUT2D eigenvalue weighted by Gasteiger charge is 2.25. The van der Waals surface area contributed by atoms with Gasteiger partial charge in [-0.3, -0.25) is 0 Å². The fraction of sp³-hybridized carbons (Fsp3) is 0.333. The Labute approximate surface area is 216 Å². The van der Waals surface area contributed by atoms with Gasteiger partial charge in [-0.2, -0.15) is 4.98 Å². The summed E-state index contributed by atoms with van der Waals surface area (Å²) in [4.78, 5) is 20.5. The first-order valence-corrected chi connectivity index (χ1v) is 12.3. The largest absolute Gasteiger partial charge is 0.496 e. The van der Waals surface area contributed by atoms with Gasteiger partial charge in [0.15, 0.2) is 0 Å². The summed E-state index contributed by atoms with van der Waals surface area (Å²) in [6.45, 7) is 7.61. The van der Waals surface area contributed by atoms with E-state index < -0.39 is 0 Å². The highest BCUT2D eigenvalue weighted by atomic mass is 16.5. The van der Waals surface area contributed by atoms with Crippen molar-refractivity contribution in [1.82, 2.24) is 25.3 Å². The van der Waals surface area contributed by atoms with Crippen LogP contribution < -0.4 is 30.7 Å². The molecular formula is C27H32N8O2. The van der Waals surface area contributed by atoms with E-state index in [-0.39, 0.29) is 0 Å². The number of benzene rings is 1. The molecule has 10 heteroatoms. The van der Waals surface area contributed by atoms with Crippen LogP contribution in [0.1, 0.15) is 23.2 Å². The minimum absolute atomic E-state index is 0.326. The lowest BCUT2D eigenvalue weighted by Gasteiger charge is -2.22. The maximum absolute atomic E-state index is 6.54. The van der Waals surface area contributed by atoms with Crippen molar-refractivity contribution in [2.45, 2.75) is 33.2 Å². The van der Waals surface area contributed by atoms with Crippen molar-refractivity contribution >= 4 is 34.0 Å². The molecule has 4 N–H and O–H groups in total. The van der Waals surface area contributed by atoms with Gasteiger partial charge in [0.1, 0.15) is 23.1 Å². The number of aryl methyl sites for hydroxylation is 2. The minimum atomic E-state index is 0.326. The van der Waals surface area contributed by atoms with E-state index in [2.05, 4.69) is 30.5 Å².